The molecule has 21 heavy (non-hydrogen) atoms. The molecular formula is C17H19NO3. The lowest BCUT2D eigenvalue weighted by atomic mass is 10.1. The highest BCUT2D eigenvalue weighted by Gasteiger charge is 2.40. The zero-order valence-corrected chi connectivity index (χ0v) is 11.9. The molecule has 0 aliphatic carbocycles. The molecule has 3 rings (SSSR count). The smallest absolute Gasteiger partial charge is 0.128 e. The van der Waals surface area contributed by atoms with Crippen molar-refractivity contribution >= 4 is 5.97 Å². The predicted octanol–water partition coefficient (Wildman–Crippen LogP) is 0.866. The van der Waals surface area contributed by atoms with E-state index in [2.05, 4.69) is 24.8 Å². The second-order valence-electron chi connectivity index (χ2n) is 5.02. The quantitative estimate of drug-likeness (QED) is 0.850. The monoisotopic (exact) mass is 285 g/mol. The van der Waals surface area contributed by atoms with E-state index >= 15 is 0 Å². The highest BCUT2D eigenvalue weighted by Crippen LogP contribution is 2.37. The SMILES string of the molecule is C[C@@H]([NH3+])c1ccccc1.O=C([O-])[C@H]1O[C@@H]1c1ccccc1. The van der Waals surface area contributed by atoms with Crippen molar-refractivity contribution in [2.75, 3.05) is 0 Å². The number of carboxylic acids is 1. The summed E-state index contributed by atoms with van der Waals surface area (Å²) in [5.41, 5.74) is 6.11. The Kier molecular flexibility index (Phi) is 5.09. The second-order valence-corrected chi connectivity index (χ2v) is 5.02. The Hall–Kier alpha value is -2.17. The van der Waals surface area contributed by atoms with Crippen LogP contribution in [0.5, 0.6) is 0 Å². The first-order valence-corrected chi connectivity index (χ1v) is 6.89. The Morgan fingerprint density at radius 3 is 2.00 bits per heavy atom. The molecule has 1 fully saturated rings. The molecule has 0 saturated carbocycles. The van der Waals surface area contributed by atoms with E-state index in [4.69, 9.17) is 4.74 Å². The molecule has 4 heteroatoms. The molecule has 3 N–H and O–H groups in total. The second kappa shape index (κ2) is 7.02. The van der Waals surface area contributed by atoms with Crippen LogP contribution in [0.2, 0.25) is 0 Å². The van der Waals surface area contributed by atoms with Gasteiger partial charge >= 0.3 is 0 Å². The van der Waals surface area contributed by atoms with E-state index in [0.717, 1.165) is 5.56 Å². The molecule has 2 aromatic carbocycles. The molecule has 1 aliphatic rings. The highest BCUT2D eigenvalue weighted by atomic mass is 16.6. The van der Waals surface area contributed by atoms with Crippen molar-refractivity contribution in [3.63, 3.8) is 0 Å². The van der Waals surface area contributed by atoms with Gasteiger partial charge in [-0.1, -0.05) is 60.7 Å². The number of quaternary nitrogens is 1. The average molecular weight is 285 g/mol. The minimum Gasteiger partial charge on any atom is -0.547 e. The normalized spacial score (nSPS) is 20.9. The van der Waals surface area contributed by atoms with E-state index in [9.17, 15) is 9.90 Å². The molecule has 4 nitrogen and oxygen atoms in total. The maximum atomic E-state index is 10.3. The van der Waals surface area contributed by atoms with Crippen LogP contribution >= 0.6 is 0 Å². The lowest BCUT2D eigenvalue weighted by molar-refractivity contribution is -0.420. The van der Waals surface area contributed by atoms with Crippen LogP contribution < -0.4 is 10.8 Å². The number of aliphatic carboxylic acids is 1. The number of rotatable bonds is 3. The third kappa shape index (κ3) is 4.41. The van der Waals surface area contributed by atoms with Crippen LogP contribution in [0.3, 0.4) is 0 Å². The Morgan fingerprint density at radius 2 is 1.62 bits per heavy atom. The highest BCUT2D eigenvalue weighted by molar-refractivity contribution is 5.74. The first-order chi connectivity index (χ1) is 10.1. The standard InChI is InChI=1S/C9H8O3.C8H11N/c10-9(11)8-7(12-8)6-4-2-1-3-5-6;1-7(9)8-5-3-2-4-6-8/h1-5,7-8H,(H,10,11);2-7H,9H2,1H3/t7-,8+;7-/m11/s1. The van der Waals surface area contributed by atoms with Crippen LogP contribution in [-0.4, -0.2) is 12.1 Å². The van der Waals surface area contributed by atoms with Crippen molar-refractivity contribution in [2.45, 2.75) is 25.2 Å². The summed E-state index contributed by atoms with van der Waals surface area (Å²) in [6.07, 6.45) is -1.04. The Labute approximate surface area is 124 Å². The molecule has 1 aliphatic heterocycles. The summed E-state index contributed by atoms with van der Waals surface area (Å²) in [6.45, 7) is 2.09. The molecule has 3 atom stereocenters. The molecule has 2 aromatic rings. The van der Waals surface area contributed by atoms with Crippen LogP contribution in [0.25, 0.3) is 0 Å². The fraction of sp³-hybridized carbons (Fsp3) is 0.235. The van der Waals surface area contributed by atoms with E-state index < -0.39 is 12.1 Å². The van der Waals surface area contributed by atoms with Gasteiger partial charge in [0.2, 0.25) is 0 Å². The number of carbonyl (C=O) groups is 1. The van der Waals surface area contributed by atoms with Gasteiger partial charge in [0.25, 0.3) is 0 Å². The first-order valence-electron chi connectivity index (χ1n) is 6.89. The molecule has 1 heterocycles. The number of hydrogen-bond donors (Lipinski definition) is 1. The Bertz CT molecular complexity index is 569. The summed E-state index contributed by atoms with van der Waals surface area (Å²) < 4.78 is 4.90. The van der Waals surface area contributed by atoms with Gasteiger partial charge in [-0.25, -0.2) is 0 Å². The van der Waals surface area contributed by atoms with Gasteiger partial charge in [0, 0.05) is 5.56 Å². The van der Waals surface area contributed by atoms with Crippen LogP contribution in [-0.2, 0) is 9.53 Å². The van der Waals surface area contributed by atoms with E-state index in [1.54, 1.807) is 0 Å². The lowest BCUT2D eigenvalue weighted by Gasteiger charge is -1.98. The summed E-state index contributed by atoms with van der Waals surface area (Å²) in [7, 11) is 0. The fourth-order valence-corrected chi connectivity index (χ4v) is 1.97. The predicted molar refractivity (Wildman–Crippen MR) is 76.8 cm³/mol. The van der Waals surface area contributed by atoms with Crippen molar-refractivity contribution in [3.8, 4) is 0 Å². The van der Waals surface area contributed by atoms with Crippen molar-refractivity contribution in [2.24, 2.45) is 0 Å². The number of carbonyl (C=O) groups excluding carboxylic acids is 1. The molecule has 0 unspecified atom stereocenters. The third-order valence-electron chi connectivity index (χ3n) is 3.22. The van der Waals surface area contributed by atoms with Gasteiger partial charge in [0.15, 0.2) is 0 Å². The van der Waals surface area contributed by atoms with E-state index in [1.165, 1.54) is 5.56 Å². The van der Waals surface area contributed by atoms with E-state index in [1.807, 2.05) is 48.5 Å². The minimum absolute atomic E-state index is 0.295. The number of ether oxygens (including phenoxy) is 1. The molecule has 110 valence electrons. The minimum atomic E-state index is -1.14. The summed E-state index contributed by atoms with van der Waals surface area (Å²) in [6, 6.07) is 20.0. The molecular weight excluding hydrogens is 266 g/mol. The van der Waals surface area contributed by atoms with Gasteiger partial charge in [-0.15, -0.1) is 0 Å². The molecule has 0 aromatic heterocycles. The van der Waals surface area contributed by atoms with Gasteiger partial charge in [-0.3, -0.25) is 0 Å². The number of benzene rings is 2. The number of hydrogen-bond acceptors (Lipinski definition) is 3. The lowest BCUT2D eigenvalue weighted by Crippen LogP contribution is -2.51. The summed E-state index contributed by atoms with van der Waals surface area (Å²) in [5, 5.41) is 10.3. The molecule has 1 saturated heterocycles. The number of carboxylic acid groups (broad SMARTS) is 1. The van der Waals surface area contributed by atoms with E-state index in [-0.39, 0.29) is 6.10 Å². The number of epoxide rings is 1. The average Bonchev–Trinajstić information content (AvgIpc) is 3.30. The summed E-state index contributed by atoms with van der Waals surface area (Å²) >= 11 is 0. The zero-order valence-electron chi connectivity index (χ0n) is 11.9. The van der Waals surface area contributed by atoms with Crippen LogP contribution in [0.4, 0.5) is 0 Å². The van der Waals surface area contributed by atoms with E-state index in [0.29, 0.717) is 6.04 Å². The molecule has 0 spiro atoms. The zero-order chi connectivity index (χ0) is 15.2. The van der Waals surface area contributed by atoms with Crippen LogP contribution in [0.15, 0.2) is 60.7 Å². The van der Waals surface area contributed by atoms with Crippen molar-refractivity contribution in [3.05, 3.63) is 71.8 Å². The summed E-state index contributed by atoms with van der Waals surface area (Å²) in [5.74, 6) is -1.14. The molecule has 0 bridgehead atoms. The summed E-state index contributed by atoms with van der Waals surface area (Å²) in [4.78, 5) is 10.3. The Balaban J connectivity index is 0.000000161. The van der Waals surface area contributed by atoms with Gasteiger partial charge < -0.3 is 20.4 Å². The third-order valence-corrected chi connectivity index (χ3v) is 3.22. The van der Waals surface area contributed by atoms with Gasteiger partial charge in [-0.05, 0) is 12.5 Å². The first kappa shape index (κ1) is 15.2. The fourth-order valence-electron chi connectivity index (χ4n) is 1.97. The molecule has 0 amide bonds. The van der Waals surface area contributed by atoms with Crippen LogP contribution in [0, 0.1) is 0 Å². The maximum absolute atomic E-state index is 10.3. The van der Waals surface area contributed by atoms with Crippen LogP contribution in [0.1, 0.15) is 30.2 Å². The van der Waals surface area contributed by atoms with Crippen molar-refractivity contribution in [1.29, 1.82) is 0 Å². The maximum Gasteiger partial charge on any atom is 0.128 e. The largest absolute Gasteiger partial charge is 0.547 e. The van der Waals surface area contributed by atoms with Gasteiger partial charge in [-0.2, -0.15) is 0 Å². The topological polar surface area (TPSA) is 80.3 Å². The Morgan fingerprint density at radius 1 is 1.10 bits per heavy atom. The molecule has 0 radical (unpaired) electrons. The van der Waals surface area contributed by atoms with Crippen molar-refractivity contribution < 1.29 is 20.4 Å². The van der Waals surface area contributed by atoms with Gasteiger partial charge in [0.1, 0.15) is 18.2 Å². The van der Waals surface area contributed by atoms with Gasteiger partial charge in [0.05, 0.1) is 5.97 Å². The van der Waals surface area contributed by atoms with Crippen molar-refractivity contribution in [1.82, 2.24) is 0 Å².